The molecule has 5 rings (SSSR count). The van der Waals surface area contributed by atoms with Crippen molar-refractivity contribution in [1.29, 1.82) is 0 Å². The van der Waals surface area contributed by atoms with Gasteiger partial charge >= 0.3 is 0 Å². The van der Waals surface area contributed by atoms with E-state index in [4.69, 9.17) is 28.2 Å². The largest absolute Gasteiger partial charge is 0.283 e. The Balaban J connectivity index is 1.45. The lowest BCUT2D eigenvalue weighted by molar-refractivity contribution is -0.123. The van der Waals surface area contributed by atoms with Crippen LogP contribution in [0.15, 0.2) is 64.9 Å². The third-order valence-corrected chi connectivity index (χ3v) is 10.7. The number of thiazole rings is 1. The van der Waals surface area contributed by atoms with Gasteiger partial charge in [0.2, 0.25) is 5.91 Å². The SMILES string of the molecule is O=C(C1CCCN(S(=O)(=O)c2ccc(Cl)s2)C1)N(Cc1ccccc1)c1nc2ccc(Cl)cc2s1. The van der Waals surface area contributed by atoms with Crippen molar-refractivity contribution in [3.63, 3.8) is 0 Å². The van der Waals surface area contributed by atoms with Crippen LogP contribution in [0.4, 0.5) is 5.13 Å². The molecule has 0 bridgehead atoms. The number of amides is 1. The molecule has 35 heavy (non-hydrogen) atoms. The fourth-order valence-electron chi connectivity index (χ4n) is 4.15. The van der Waals surface area contributed by atoms with Crippen LogP contribution in [-0.2, 0) is 21.4 Å². The van der Waals surface area contributed by atoms with Gasteiger partial charge in [-0.25, -0.2) is 13.4 Å². The number of carbonyl (C=O) groups excluding carboxylic acids is 1. The molecule has 1 saturated heterocycles. The number of halogens is 2. The fourth-order valence-corrected chi connectivity index (χ4v) is 8.56. The second kappa shape index (κ2) is 10.2. The average Bonchev–Trinajstić information content (AvgIpc) is 3.49. The lowest BCUT2D eigenvalue weighted by Crippen LogP contribution is -2.46. The molecule has 0 saturated carbocycles. The molecule has 1 atom stereocenters. The van der Waals surface area contributed by atoms with Crippen LogP contribution in [-0.4, -0.2) is 36.7 Å². The highest BCUT2D eigenvalue weighted by Gasteiger charge is 2.36. The summed E-state index contributed by atoms with van der Waals surface area (Å²) in [6.07, 6.45) is 1.21. The lowest BCUT2D eigenvalue weighted by Gasteiger charge is -2.33. The molecule has 4 aromatic rings. The number of carbonyl (C=O) groups is 1. The van der Waals surface area contributed by atoms with E-state index in [1.165, 1.54) is 21.7 Å². The Hall–Kier alpha value is -2.01. The number of anilines is 1. The molecule has 182 valence electrons. The molecule has 1 fully saturated rings. The number of thiophene rings is 1. The molecule has 1 unspecified atom stereocenters. The average molecular weight is 567 g/mol. The van der Waals surface area contributed by atoms with E-state index in [9.17, 15) is 13.2 Å². The van der Waals surface area contributed by atoms with Crippen molar-refractivity contribution >= 4 is 77.2 Å². The predicted molar refractivity (Wildman–Crippen MR) is 143 cm³/mol. The quantitative estimate of drug-likeness (QED) is 0.275. The standard InChI is InChI=1S/C24H21Cl2N3O3S3/c25-18-8-9-19-20(13-18)33-24(27-19)29(14-16-5-2-1-3-6-16)23(30)17-7-4-12-28(15-17)35(31,32)22-11-10-21(26)34-22/h1-3,5-6,8-11,13,17H,4,7,12,14-15H2. The molecule has 11 heteroatoms. The first kappa shape index (κ1) is 24.7. The number of nitrogens with zero attached hydrogens (tertiary/aromatic N) is 3. The van der Waals surface area contributed by atoms with Crippen molar-refractivity contribution in [2.45, 2.75) is 23.6 Å². The molecule has 0 radical (unpaired) electrons. The van der Waals surface area contributed by atoms with Crippen LogP contribution in [0.5, 0.6) is 0 Å². The minimum atomic E-state index is -3.71. The van der Waals surface area contributed by atoms with Crippen LogP contribution in [0, 0.1) is 5.92 Å². The van der Waals surface area contributed by atoms with Gasteiger partial charge in [-0.05, 0) is 48.7 Å². The molecule has 1 amide bonds. The second-order valence-electron chi connectivity index (χ2n) is 8.28. The summed E-state index contributed by atoms with van der Waals surface area (Å²) in [5.41, 5.74) is 1.73. The van der Waals surface area contributed by atoms with Gasteiger partial charge in [0.05, 0.1) is 27.0 Å². The van der Waals surface area contributed by atoms with E-state index in [2.05, 4.69) is 0 Å². The molecule has 1 aliphatic heterocycles. The molecule has 0 aliphatic carbocycles. The van der Waals surface area contributed by atoms with Gasteiger partial charge < -0.3 is 0 Å². The van der Waals surface area contributed by atoms with Gasteiger partial charge in [-0.15, -0.1) is 11.3 Å². The van der Waals surface area contributed by atoms with Crippen molar-refractivity contribution in [3.8, 4) is 0 Å². The minimum absolute atomic E-state index is 0.124. The first-order chi connectivity index (χ1) is 16.8. The summed E-state index contributed by atoms with van der Waals surface area (Å²) in [6, 6.07) is 18.2. The lowest BCUT2D eigenvalue weighted by atomic mass is 9.98. The summed E-state index contributed by atoms with van der Waals surface area (Å²) >= 11 is 14.6. The maximum absolute atomic E-state index is 13.9. The maximum atomic E-state index is 13.9. The number of rotatable bonds is 6. The number of benzene rings is 2. The van der Waals surface area contributed by atoms with E-state index >= 15 is 0 Å². The van der Waals surface area contributed by atoms with Crippen molar-refractivity contribution in [1.82, 2.24) is 9.29 Å². The molecule has 0 spiro atoms. The molecular weight excluding hydrogens is 545 g/mol. The molecule has 1 aliphatic rings. The van der Waals surface area contributed by atoms with Crippen molar-refractivity contribution in [3.05, 3.63) is 75.6 Å². The fraction of sp³-hybridized carbons (Fsp3) is 0.250. The summed E-state index contributed by atoms with van der Waals surface area (Å²) in [6.45, 7) is 0.843. The van der Waals surface area contributed by atoms with Crippen LogP contribution >= 0.6 is 45.9 Å². The van der Waals surface area contributed by atoms with Gasteiger partial charge in [0.1, 0.15) is 4.21 Å². The third-order valence-electron chi connectivity index (χ3n) is 5.90. The highest BCUT2D eigenvalue weighted by molar-refractivity contribution is 7.91. The van der Waals surface area contributed by atoms with Crippen molar-refractivity contribution < 1.29 is 13.2 Å². The topological polar surface area (TPSA) is 70.6 Å². The van der Waals surface area contributed by atoms with Gasteiger partial charge in [-0.1, -0.05) is 64.9 Å². The van der Waals surface area contributed by atoms with Crippen LogP contribution in [0.3, 0.4) is 0 Å². The Morgan fingerprint density at radius 3 is 2.63 bits per heavy atom. The van der Waals surface area contributed by atoms with E-state index in [0.29, 0.717) is 40.4 Å². The summed E-state index contributed by atoms with van der Waals surface area (Å²) in [4.78, 5) is 20.3. The Morgan fingerprint density at radius 1 is 1.09 bits per heavy atom. The summed E-state index contributed by atoms with van der Waals surface area (Å²) < 4.78 is 29.3. The van der Waals surface area contributed by atoms with Gasteiger partial charge in [-0.3, -0.25) is 9.69 Å². The van der Waals surface area contributed by atoms with E-state index in [1.807, 2.05) is 42.5 Å². The van der Waals surface area contributed by atoms with Gasteiger partial charge in [-0.2, -0.15) is 4.31 Å². The highest BCUT2D eigenvalue weighted by Crippen LogP contribution is 2.35. The highest BCUT2D eigenvalue weighted by atomic mass is 35.5. The molecule has 3 heterocycles. The van der Waals surface area contributed by atoms with Crippen LogP contribution in [0.1, 0.15) is 18.4 Å². The smallest absolute Gasteiger partial charge is 0.252 e. The molecule has 2 aromatic carbocycles. The van der Waals surface area contributed by atoms with E-state index in [-0.39, 0.29) is 16.7 Å². The van der Waals surface area contributed by atoms with Gasteiger partial charge in [0, 0.05) is 18.1 Å². The zero-order valence-corrected chi connectivity index (χ0v) is 22.4. The number of fused-ring (bicyclic) bond motifs is 1. The Bertz CT molecular complexity index is 1470. The first-order valence-electron chi connectivity index (χ1n) is 11.0. The van der Waals surface area contributed by atoms with Gasteiger partial charge in [0.25, 0.3) is 10.0 Å². The van der Waals surface area contributed by atoms with E-state index in [1.54, 1.807) is 17.0 Å². The maximum Gasteiger partial charge on any atom is 0.252 e. The van der Waals surface area contributed by atoms with E-state index < -0.39 is 15.9 Å². The van der Waals surface area contributed by atoms with Crippen LogP contribution < -0.4 is 4.90 Å². The number of sulfonamides is 1. The summed E-state index contributed by atoms with van der Waals surface area (Å²) in [5, 5.41) is 1.18. The van der Waals surface area contributed by atoms with Crippen molar-refractivity contribution in [2.75, 3.05) is 18.0 Å². The van der Waals surface area contributed by atoms with Crippen molar-refractivity contribution in [2.24, 2.45) is 5.92 Å². The molecular formula is C24H21Cl2N3O3S3. The van der Waals surface area contributed by atoms with E-state index in [0.717, 1.165) is 27.1 Å². The first-order valence-corrected chi connectivity index (χ1v) is 14.8. The molecule has 6 nitrogen and oxygen atoms in total. The number of aromatic nitrogens is 1. The number of hydrogen-bond acceptors (Lipinski definition) is 6. The zero-order valence-electron chi connectivity index (χ0n) is 18.4. The minimum Gasteiger partial charge on any atom is -0.283 e. The monoisotopic (exact) mass is 565 g/mol. The molecule has 2 aromatic heterocycles. The number of piperidine rings is 1. The predicted octanol–water partition coefficient (Wildman–Crippen LogP) is 6.30. The zero-order chi connectivity index (χ0) is 24.6. The Labute approximate surface area is 221 Å². The normalized spacial score (nSPS) is 17.0. The number of hydrogen-bond donors (Lipinski definition) is 0. The summed E-state index contributed by atoms with van der Waals surface area (Å²) in [7, 11) is -3.71. The van der Waals surface area contributed by atoms with Gasteiger partial charge in [0.15, 0.2) is 5.13 Å². The second-order valence-corrected chi connectivity index (χ2v) is 13.6. The van der Waals surface area contributed by atoms with Crippen LogP contribution in [0.2, 0.25) is 9.36 Å². The summed E-state index contributed by atoms with van der Waals surface area (Å²) in [5.74, 6) is -0.614. The molecule has 0 N–H and O–H groups in total. The Kier molecular flexibility index (Phi) is 7.16. The third kappa shape index (κ3) is 5.26. The van der Waals surface area contributed by atoms with Crippen LogP contribution in [0.25, 0.3) is 10.2 Å². The Morgan fingerprint density at radius 2 is 1.89 bits per heavy atom.